The maximum absolute atomic E-state index is 8.65. The highest BCUT2D eigenvalue weighted by Gasteiger charge is 2.00. The van der Waals surface area contributed by atoms with Gasteiger partial charge in [0.1, 0.15) is 0 Å². The second kappa shape index (κ2) is 15.0. The first-order chi connectivity index (χ1) is 8.81. The fourth-order valence-corrected chi connectivity index (χ4v) is 2.12. The minimum absolute atomic E-state index is 0.351. The van der Waals surface area contributed by atoms with Crippen molar-refractivity contribution < 1.29 is 9.84 Å². The monoisotopic (exact) mass is 258 g/mol. The molecule has 0 fully saturated rings. The Labute approximate surface area is 114 Å². The summed E-state index contributed by atoms with van der Waals surface area (Å²) >= 11 is 0. The first-order valence-corrected chi connectivity index (χ1v) is 7.99. The lowest BCUT2D eigenvalue weighted by molar-refractivity contribution is 0.0978. The fraction of sp³-hybridized carbons (Fsp3) is 1.00. The molecule has 0 aliphatic heterocycles. The molecule has 0 bridgehead atoms. The summed E-state index contributed by atoms with van der Waals surface area (Å²) in [6.07, 6.45) is 12.5. The van der Waals surface area contributed by atoms with Gasteiger partial charge < -0.3 is 9.84 Å². The van der Waals surface area contributed by atoms with E-state index in [2.05, 4.69) is 13.8 Å². The van der Waals surface area contributed by atoms with E-state index in [-0.39, 0.29) is 0 Å². The molecule has 0 rings (SSSR count). The van der Waals surface area contributed by atoms with E-state index in [0.717, 1.165) is 25.6 Å². The van der Waals surface area contributed by atoms with Gasteiger partial charge in [-0.25, -0.2) is 0 Å². The molecule has 2 nitrogen and oxygen atoms in total. The molecule has 0 heterocycles. The Kier molecular flexibility index (Phi) is 14.9. The zero-order valence-corrected chi connectivity index (χ0v) is 12.6. The van der Waals surface area contributed by atoms with Crippen molar-refractivity contribution in [1.29, 1.82) is 0 Å². The van der Waals surface area contributed by atoms with Crippen LogP contribution in [-0.2, 0) is 4.74 Å². The molecule has 0 aromatic rings. The zero-order valence-electron chi connectivity index (χ0n) is 12.6. The molecule has 0 aromatic heterocycles. The van der Waals surface area contributed by atoms with Gasteiger partial charge >= 0.3 is 0 Å². The number of ether oxygens (including phenoxy) is 1. The summed E-state index contributed by atoms with van der Waals surface area (Å²) in [5.41, 5.74) is 0. The fourth-order valence-electron chi connectivity index (χ4n) is 2.12. The van der Waals surface area contributed by atoms with Crippen LogP contribution in [0.15, 0.2) is 0 Å². The molecule has 0 aromatic carbocycles. The van der Waals surface area contributed by atoms with Crippen LogP contribution in [0, 0.1) is 5.92 Å². The van der Waals surface area contributed by atoms with Crippen molar-refractivity contribution in [1.82, 2.24) is 0 Å². The number of aliphatic hydroxyl groups is 1. The number of hydrogen-bond acceptors (Lipinski definition) is 2. The second-order valence-electron chi connectivity index (χ2n) is 5.52. The van der Waals surface area contributed by atoms with E-state index >= 15 is 0 Å². The molecule has 0 aliphatic carbocycles. The van der Waals surface area contributed by atoms with E-state index in [9.17, 15) is 0 Å². The standard InChI is InChI=1S/C16H34O2/c1-3-4-12-16(2)15-18-14-11-9-7-5-6-8-10-13-17/h16-17H,3-15H2,1-2H3. The van der Waals surface area contributed by atoms with Crippen LogP contribution in [-0.4, -0.2) is 24.9 Å². The third-order valence-corrected chi connectivity index (χ3v) is 3.40. The van der Waals surface area contributed by atoms with Crippen LogP contribution in [0.2, 0.25) is 0 Å². The van der Waals surface area contributed by atoms with Gasteiger partial charge in [-0.3, -0.25) is 0 Å². The summed E-state index contributed by atoms with van der Waals surface area (Å²) in [7, 11) is 0. The highest BCUT2D eigenvalue weighted by atomic mass is 16.5. The van der Waals surface area contributed by atoms with Gasteiger partial charge in [0.15, 0.2) is 0 Å². The number of rotatable bonds is 14. The molecular weight excluding hydrogens is 224 g/mol. The summed E-state index contributed by atoms with van der Waals surface area (Å²) in [6.45, 7) is 6.76. The van der Waals surface area contributed by atoms with Crippen LogP contribution in [0.3, 0.4) is 0 Å². The molecule has 1 N–H and O–H groups in total. The summed E-state index contributed by atoms with van der Waals surface area (Å²) in [6, 6.07) is 0. The first kappa shape index (κ1) is 17.9. The average Bonchev–Trinajstić information content (AvgIpc) is 2.38. The van der Waals surface area contributed by atoms with Gasteiger partial charge in [-0.2, -0.15) is 0 Å². The van der Waals surface area contributed by atoms with Crippen molar-refractivity contribution in [3.8, 4) is 0 Å². The molecule has 0 spiro atoms. The van der Waals surface area contributed by atoms with E-state index in [1.807, 2.05) is 0 Å². The van der Waals surface area contributed by atoms with Crippen LogP contribution in [0.25, 0.3) is 0 Å². The summed E-state index contributed by atoms with van der Waals surface area (Å²) in [5.74, 6) is 0.725. The molecule has 0 saturated carbocycles. The Morgan fingerprint density at radius 1 is 0.889 bits per heavy atom. The summed E-state index contributed by atoms with van der Waals surface area (Å²) in [4.78, 5) is 0. The van der Waals surface area contributed by atoms with Crippen molar-refractivity contribution in [2.24, 2.45) is 5.92 Å². The Bertz CT molecular complexity index is 148. The number of hydrogen-bond donors (Lipinski definition) is 1. The molecule has 110 valence electrons. The van der Waals surface area contributed by atoms with Crippen LogP contribution >= 0.6 is 0 Å². The Morgan fingerprint density at radius 2 is 1.50 bits per heavy atom. The van der Waals surface area contributed by atoms with Crippen molar-refractivity contribution in [3.05, 3.63) is 0 Å². The quantitative estimate of drug-likeness (QED) is 0.463. The number of aliphatic hydroxyl groups excluding tert-OH is 1. The first-order valence-electron chi connectivity index (χ1n) is 7.99. The van der Waals surface area contributed by atoms with E-state index in [1.54, 1.807) is 0 Å². The SMILES string of the molecule is CCCCC(C)COCCCCCCCCCO. The van der Waals surface area contributed by atoms with Gasteiger partial charge in [-0.1, -0.05) is 58.8 Å². The second-order valence-corrected chi connectivity index (χ2v) is 5.52. The summed E-state index contributed by atoms with van der Waals surface area (Å²) < 4.78 is 5.70. The van der Waals surface area contributed by atoms with Crippen molar-refractivity contribution in [3.63, 3.8) is 0 Å². The zero-order chi connectivity index (χ0) is 13.5. The lowest BCUT2D eigenvalue weighted by Gasteiger charge is -2.11. The molecule has 0 saturated heterocycles. The maximum atomic E-state index is 8.65. The molecule has 2 heteroatoms. The van der Waals surface area contributed by atoms with E-state index in [1.165, 1.54) is 57.8 Å². The smallest absolute Gasteiger partial charge is 0.0491 e. The van der Waals surface area contributed by atoms with Gasteiger partial charge in [-0.05, 0) is 25.2 Å². The predicted molar refractivity (Wildman–Crippen MR) is 78.9 cm³/mol. The minimum Gasteiger partial charge on any atom is -0.396 e. The Hall–Kier alpha value is -0.0800. The average molecular weight is 258 g/mol. The minimum atomic E-state index is 0.351. The molecular formula is C16H34O2. The van der Waals surface area contributed by atoms with E-state index in [4.69, 9.17) is 9.84 Å². The van der Waals surface area contributed by atoms with E-state index in [0.29, 0.717) is 6.61 Å². The Balaban J connectivity index is 3.02. The third kappa shape index (κ3) is 14.0. The highest BCUT2D eigenvalue weighted by molar-refractivity contribution is 4.51. The topological polar surface area (TPSA) is 29.5 Å². The molecule has 18 heavy (non-hydrogen) atoms. The molecule has 0 radical (unpaired) electrons. The van der Waals surface area contributed by atoms with E-state index < -0.39 is 0 Å². The van der Waals surface area contributed by atoms with Gasteiger partial charge in [0, 0.05) is 19.8 Å². The maximum Gasteiger partial charge on any atom is 0.0491 e. The van der Waals surface area contributed by atoms with Crippen LogP contribution in [0.5, 0.6) is 0 Å². The lowest BCUT2D eigenvalue weighted by atomic mass is 10.1. The molecule has 1 atom stereocenters. The van der Waals surface area contributed by atoms with Crippen LogP contribution in [0.4, 0.5) is 0 Å². The van der Waals surface area contributed by atoms with Crippen LogP contribution in [0.1, 0.15) is 78.1 Å². The normalized spacial score (nSPS) is 12.8. The molecule has 1 unspecified atom stereocenters. The van der Waals surface area contributed by atoms with Crippen molar-refractivity contribution >= 4 is 0 Å². The van der Waals surface area contributed by atoms with Crippen molar-refractivity contribution in [2.75, 3.05) is 19.8 Å². The molecule has 0 aliphatic rings. The van der Waals surface area contributed by atoms with Crippen molar-refractivity contribution in [2.45, 2.75) is 78.1 Å². The largest absolute Gasteiger partial charge is 0.396 e. The lowest BCUT2D eigenvalue weighted by Crippen LogP contribution is -2.06. The van der Waals surface area contributed by atoms with Gasteiger partial charge in [0.05, 0.1) is 0 Å². The Morgan fingerprint density at radius 3 is 2.11 bits per heavy atom. The summed E-state index contributed by atoms with van der Waals surface area (Å²) in [5, 5.41) is 8.65. The number of unbranched alkanes of at least 4 members (excludes halogenated alkanes) is 7. The van der Waals surface area contributed by atoms with Gasteiger partial charge in [-0.15, -0.1) is 0 Å². The predicted octanol–water partition coefficient (Wildman–Crippen LogP) is 4.55. The van der Waals surface area contributed by atoms with Gasteiger partial charge in [0.25, 0.3) is 0 Å². The highest BCUT2D eigenvalue weighted by Crippen LogP contribution is 2.09. The van der Waals surface area contributed by atoms with Crippen LogP contribution < -0.4 is 0 Å². The third-order valence-electron chi connectivity index (χ3n) is 3.40. The molecule has 0 amide bonds. The van der Waals surface area contributed by atoms with Gasteiger partial charge in [0.2, 0.25) is 0 Å².